The fourth-order valence-electron chi connectivity index (χ4n) is 1.70. The number of nitrogens with zero attached hydrogens (tertiary/aromatic N) is 2. The van der Waals surface area contributed by atoms with Crippen LogP contribution < -0.4 is 0 Å². The van der Waals surface area contributed by atoms with Crippen molar-refractivity contribution < 1.29 is 4.79 Å². The zero-order chi connectivity index (χ0) is 11.9. The molecule has 0 unspecified atom stereocenters. The van der Waals surface area contributed by atoms with Crippen LogP contribution in [0.4, 0.5) is 0 Å². The van der Waals surface area contributed by atoms with E-state index in [0.29, 0.717) is 5.69 Å². The highest BCUT2D eigenvalue weighted by Crippen LogP contribution is 2.26. The lowest BCUT2D eigenvalue weighted by Crippen LogP contribution is -2.14. The first-order chi connectivity index (χ1) is 7.43. The van der Waals surface area contributed by atoms with Crippen molar-refractivity contribution in [2.45, 2.75) is 26.2 Å². The van der Waals surface area contributed by atoms with Crippen molar-refractivity contribution >= 4 is 27.9 Å². The molecular formula is C12H13BrN2O. The topological polar surface area (TPSA) is 34.4 Å². The number of rotatable bonds is 1. The molecule has 0 aliphatic carbocycles. The number of aldehydes is 1. The molecule has 0 saturated carbocycles. The van der Waals surface area contributed by atoms with Gasteiger partial charge < -0.3 is 0 Å². The molecule has 0 aliphatic heterocycles. The maximum atomic E-state index is 11.2. The van der Waals surface area contributed by atoms with Gasteiger partial charge in [0.15, 0.2) is 6.29 Å². The Morgan fingerprint density at radius 2 is 2.06 bits per heavy atom. The van der Waals surface area contributed by atoms with Crippen molar-refractivity contribution in [3.05, 3.63) is 34.2 Å². The number of carbonyl (C=O) groups is 1. The van der Waals surface area contributed by atoms with E-state index in [1.54, 1.807) is 0 Å². The summed E-state index contributed by atoms with van der Waals surface area (Å²) in [4.78, 5) is 15.7. The molecule has 4 heteroatoms. The molecule has 0 N–H and O–H groups in total. The Morgan fingerprint density at radius 1 is 1.38 bits per heavy atom. The molecule has 0 bridgehead atoms. The van der Waals surface area contributed by atoms with Crippen LogP contribution in [0.1, 0.15) is 37.0 Å². The summed E-state index contributed by atoms with van der Waals surface area (Å²) in [6.07, 6.45) is 2.73. The van der Waals surface area contributed by atoms with Gasteiger partial charge >= 0.3 is 0 Å². The quantitative estimate of drug-likeness (QED) is 0.752. The summed E-state index contributed by atoms with van der Waals surface area (Å²) in [7, 11) is 0. The van der Waals surface area contributed by atoms with Gasteiger partial charge in [-0.1, -0.05) is 20.8 Å². The second-order valence-electron chi connectivity index (χ2n) is 4.79. The number of fused-ring (bicyclic) bond motifs is 1. The van der Waals surface area contributed by atoms with Crippen LogP contribution in [0.25, 0.3) is 5.65 Å². The fourth-order valence-corrected chi connectivity index (χ4v) is 2.04. The van der Waals surface area contributed by atoms with Crippen LogP contribution in [-0.4, -0.2) is 15.7 Å². The molecular weight excluding hydrogens is 268 g/mol. The smallest absolute Gasteiger partial charge is 0.168 e. The highest BCUT2D eigenvalue weighted by Gasteiger charge is 2.23. The van der Waals surface area contributed by atoms with Crippen LogP contribution in [0, 0.1) is 0 Å². The Bertz CT molecular complexity index is 552. The summed E-state index contributed by atoms with van der Waals surface area (Å²) in [5, 5.41) is 0. The largest absolute Gasteiger partial charge is 0.296 e. The molecule has 2 heterocycles. The number of aromatic nitrogens is 2. The Hall–Kier alpha value is -1.16. The number of hydrogen-bond donors (Lipinski definition) is 0. The molecule has 0 aliphatic rings. The van der Waals surface area contributed by atoms with Gasteiger partial charge in [-0.15, -0.1) is 0 Å². The lowest BCUT2D eigenvalue weighted by Gasteiger charge is -2.15. The van der Waals surface area contributed by atoms with E-state index < -0.39 is 0 Å². The van der Waals surface area contributed by atoms with Gasteiger partial charge in [-0.3, -0.25) is 9.20 Å². The predicted octanol–water partition coefficient (Wildman–Crippen LogP) is 3.21. The van der Waals surface area contributed by atoms with E-state index in [-0.39, 0.29) is 5.41 Å². The highest BCUT2D eigenvalue weighted by atomic mass is 79.9. The minimum atomic E-state index is -0.130. The van der Waals surface area contributed by atoms with E-state index in [1.807, 2.05) is 22.7 Å². The van der Waals surface area contributed by atoms with E-state index >= 15 is 0 Å². The molecule has 2 rings (SSSR count). The fraction of sp³-hybridized carbons (Fsp3) is 0.333. The summed E-state index contributed by atoms with van der Waals surface area (Å²) in [6, 6.07) is 3.82. The van der Waals surface area contributed by atoms with Gasteiger partial charge in [0.2, 0.25) is 0 Å². The van der Waals surface area contributed by atoms with E-state index in [9.17, 15) is 4.79 Å². The highest BCUT2D eigenvalue weighted by molar-refractivity contribution is 9.10. The van der Waals surface area contributed by atoms with Crippen LogP contribution in [-0.2, 0) is 5.41 Å². The number of pyridine rings is 1. The van der Waals surface area contributed by atoms with E-state index in [0.717, 1.165) is 22.1 Å². The summed E-state index contributed by atoms with van der Waals surface area (Å²) in [5.41, 5.74) is 2.13. The molecule has 0 amide bonds. The van der Waals surface area contributed by atoms with Gasteiger partial charge in [0.05, 0.1) is 5.69 Å². The van der Waals surface area contributed by atoms with Crippen molar-refractivity contribution in [1.82, 2.24) is 9.38 Å². The lowest BCUT2D eigenvalue weighted by atomic mass is 9.91. The van der Waals surface area contributed by atoms with E-state index in [1.165, 1.54) is 0 Å². The maximum Gasteiger partial charge on any atom is 0.168 e. The molecule has 0 atom stereocenters. The third kappa shape index (κ3) is 1.78. The average Bonchev–Trinajstić information content (AvgIpc) is 2.54. The standard InChI is InChI=1S/C12H13BrN2O/c1-12(2,3)11-9(7-16)15-6-8(13)4-5-10(15)14-11/h4-7H,1-3H3. The Morgan fingerprint density at radius 3 is 2.62 bits per heavy atom. The minimum Gasteiger partial charge on any atom is -0.296 e. The third-order valence-corrected chi connectivity index (χ3v) is 2.91. The molecule has 0 saturated heterocycles. The van der Waals surface area contributed by atoms with Crippen LogP contribution in [0.15, 0.2) is 22.8 Å². The summed E-state index contributed by atoms with van der Waals surface area (Å²) < 4.78 is 2.75. The van der Waals surface area contributed by atoms with E-state index in [2.05, 4.69) is 41.7 Å². The van der Waals surface area contributed by atoms with Crippen molar-refractivity contribution in [3.8, 4) is 0 Å². The number of imidazole rings is 1. The van der Waals surface area contributed by atoms with Crippen LogP contribution >= 0.6 is 15.9 Å². The minimum absolute atomic E-state index is 0.130. The number of carbonyl (C=O) groups excluding carboxylic acids is 1. The van der Waals surface area contributed by atoms with Crippen LogP contribution in [0.5, 0.6) is 0 Å². The van der Waals surface area contributed by atoms with Crippen molar-refractivity contribution in [2.24, 2.45) is 0 Å². The monoisotopic (exact) mass is 280 g/mol. The molecule has 84 valence electrons. The molecule has 0 aromatic carbocycles. The van der Waals surface area contributed by atoms with Gasteiger partial charge in [0.1, 0.15) is 11.3 Å². The lowest BCUT2D eigenvalue weighted by molar-refractivity contribution is 0.111. The second kappa shape index (κ2) is 3.70. The normalized spacial score (nSPS) is 12.0. The first-order valence-corrected chi connectivity index (χ1v) is 5.86. The van der Waals surface area contributed by atoms with Crippen molar-refractivity contribution in [3.63, 3.8) is 0 Å². The summed E-state index contributed by atoms with van der Waals surface area (Å²) in [6.45, 7) is 6.16. The Balaban J connectivity index is 2.82. The SMILES string of the molecule is CC(C)(C)c1nc2ccc(Br)cn2c1C=O. The molecule has 2 aromatic heterocycles. The maximum absolute atomic E-state index is 11.2. The zero-order valence-corrected chi connectivity index (χ0v) is 11.1. The average molecular weight is 281 g/mol. The van der Waals surface area contributed by atoms with E-state index in [4.69, 9.17) is 0 Å². The van der Waals surface area contributed by atoms with Crippen molar-refractivity contribution in [2.75, 3.05) is 0 Å². The summed E-state index contributed by atoms with van der Waals surface area (Å²) in [5.74, 6) is 0. The van der Waals surface area contributed by atoms with Gasteiger partial charge in [-0.05, 0) is 28.1 Å². The molecule has 3 nitrogen and oxygen atoms in total. The van der Waals surface area contributed by atoms with Crippen LogP contribution in [0.2, 0.25) is 0 Å². The number of halogens is 1. The van der Waals surface area contributed by atoms with Crippen LogP contribution in [0.3, 0.4) is 0 Å². The Kier molecular flexibility index (Phi) is 2.62. The molecule has 0 radical (unpaired) electrons. The van der Waals surface area contributed by atoms with Gasteiger partial charge in [-0.2, -0.15) is 0 Å². The third-order valence-electron chi connectivity index (χ3n) is 2.44. The zero-order valence-electron chi connectivity index (χ0n) is 9.49. The first kappa shape index (κ1) is 11.3. The second-order valence-corrected chi connectivity index (χ2v) is 5.70. The first-order valence-electron chi connectivity index (χ1n) is 5.07. The molecule has 0 spiro atoms. The number of hydrogen-bond acceptors (Lipinski definition) is 2. The Labute approximate surface area is 103 Å². The van der Waals surface area contributed by atoms with Gasteiger partial charge in [0, 0.05) is 16.1 Å². The van der Waals surface area contributed by atoms with Crippen molar-refractivity contribution in [1.29, 1.82) is 0 Å². The predicted molar refractivity (Wildman–Crippen MR) is 67.0 cm³/mol. The van der Waals surface area contributed by atoms with Gasteiger partial charge in [-0.25, -0.2) is 4.98 Å². The molecule has 0 fully saturated rings. The van der Waals surface area contributed by atoms with Gasteiger partial charge in [0.25, 0.3) is 0 Å². The molecule has 16 heavy (non-hydrogen) atoms. The molecule has 2 aromatic rings. The summed E-state index contributed by atoms with van der Waals surface area (Å²) >= 11 is 3.39.